The lowest BCUT2D eigenvalue weighted by Gasteiger charge is -2.01. The van der Waals surface area contributed by atoms with Crippen molar-refractivity contribution >= 4 is 56.6 Å². The molecule has 0 fully saturated rings. The van der Waals surface area contributed by atoms with Gasteiger partial charge in [0.2, 0.25) is 15.8 Å². The van der Waals surface area contributed by atoms with Crippen molar-refractivity contribution < 1.29 is 4.79 Å². The lowest BCUT2D eigenvalue weighted by molar-refractivity contribution is -0.116. The van der Waals surface area contributed by atoms with Crippen molar-refractivity contribution in [3.05, 3.63) is 29.0 Å². The maximum Gasteiger partial charge on any atom is 0.248 e. The summed E-state index contributed by atoms with van der Waals surface area (Å²) in [5, 5.41) is 8.05. The molecule has 3 rings (SSSR count). The second kappa shape index (κ2) is 6.07. The van der Waals surface area contributed by atoms with E-state index in [9.17, 15) is 4.79 Å². The third-order valence-corrected chi connectivity index (χ3v) is 4.86. The Bertz CT molecular complexity index is 863. The maximum absolute atomic E-state index is 12.1. The number of fused-ring (bicyclic) bond motifs is 1. The Balaban J connectivity index is 1.76. The number of amides is 1. The Labute approximate surface area is 139 Å². The van der Waals surface area contributed by atoms with E-state index in [0.29, 0.717) is 15.1 Å². The molecule has 0 bridgehead atoms. The third-order valence-electron chi connectivity index (χ3n) is 2.86. The average molecular weight is 352 g/mol. The second-order valence-corrected chi connectivity index (χ2v) is 6.50. The third kappa shape index (κ3) is 2.85. The van der Waals surface area contributed by atoms with E-state index in [4.69, 9.17) is 18.1 Å². The number of thioether (sulfide) groups is 1. The van der Waals surface area contributed by atoms with Gasteiger partial charge in [0, 0.05) is 0 Å². The van der Waals surface area contributed by atoms with Gasteiger partial charge in [-0.1, -0.05) is 35.2 Å². The molecule has 1 amide bonds. The van der Waals surface area contributed by atoms with Crippen LogP contribution in [0.2, 0.25) is 0 Å². The Morgan fingerprint density at radius 2 is 2.27 bits per heavy atom. The van der Waals surface area contributed by atoms with E-state index >= 15 is 0 Å². The number of rotatable bonds is 4. The van der Waals surface area contributed by atoms with Crippen LogP contribution in [0.4, 0.5) is 5.13 Å². The lowest BCUT2D eigenvalue weighted by atomic mass is 10.3. The fourth-order valence-corrected chi connectivity index (χ4v) is 3.46. The Kier molecular flexibility index (Phi) is 4.14. The minimum absolute atomic E-state index is 0.00742. The molecule has 1 aromatic carbocycles. The van der Waals surface area contributed by atoms with Crippen LogP contribution in [-0.4, -0.2) is 31.6 Å². The molecule has 0 aliphatic heterocycles. The van der Waals surface area contributed by atoms with Crippen LogP contribution < -0.4 is 11.2 Å². The van der Waals surface area contributed by atoms with Crippen molar-refractivity contribution in [1.29, 1.82) is 0 Å². The van der Waals surface area contributed by atoms with Gasteiger partial charge in [-0.2, -0.15) is 0 Å². The van der Waals surface area contributed by atoms with Gasteiger partial charge in [0.1, 0.15) is 6.54 Å². The van der Waals surface area contributed by atoms with Crippen LogP contribution in [0.1, 0.15) is 0 Å². The standard InChI is InChI=1S/C12H12N6OS3/c1-21-11-16-17(12(20)18(11)13)6-9(19)15-10-14-7-4-2-3-5-8(7)22-10/h2-5H,6,13H2,1H3,(H,14,15,19). The van der Waals surface area contributed by atoms with E-state index in [-0.39, 0.29) is 12.5 Å². The minimum atomic E-state index is -0.249. The van der Waals surface area contributed by atoms with Gasteiger partial charge < -0.3 is 11.2 Å². The normalized spacial score (nSPS) is 11.0. The summed E-state index contributed by atoms with van der Waals surface area (Å²) in [5.41, 5.74) is 0.857. The molecule has 114 valence electrons. The molecule has 2 aromatic heterocycles. The average Bonchev–Trinajstić information content (AvgIpc) is 3.02. The van der Waals surface area contributed by atoms with Gasteiger partial charge in [0.15, 0.2) is 5.13 Å². The number of nitrogen functional groups attached to an aromatic ring is 1. The van der Waals surface area contributed by atoms with Crippen molar-refractivity contribution in [3.63, 3.8) is 0 Å². The smallest absolute Gasteiger partial charge is 0.248 e. The van der Waals surface area contributed by atoms with Gasteiger partial charge in [-0.25, -0.2) is 14.3 Å². The summed E-state index contributed by atoms with van der Waals surface area (Å²) in [4.78, 5) is 16.5. The van der Waals surface area contributed by atoms with Crippen LogP contribution in [-0.2, 0) is 11.3 Å². The first kappa shape index (κ1) is 15.0. The highest BCUT2D eigenvalue weighted by atomic mass is 32.2. The number of hydrogen-bond donors (Lipinski definition) is 2. The van der Waals surface area contributed by atoms with Gasteiger partial charge in [0.05, 0.1) is 10.2 Å². The number of aromatic nitrogens is 4. The van der Waals surface area contributed by atoms with Crippen molar-refractivity contribution in [2.45, 2.75) is 11.7 Å². The van der Waals surface area contributed by atoms with E-state index in [0.717, 1.165) is 10.2 Å². The fraction of sp³-hybridized carbons (Fsp3) is 0.167. The second-order valence-electron chi connectivity index (χ2n) is 4.33. The van der Waals surface area contributed by atoms with Crippen LogP contribution in [0.3, 0.4) is 0 Å². The van der Waals surface area contributed by atoms with Gasteiger partial charge >= 0.3 is 0 Å². The molecule has 2 heterocycles. The van der Waals surface area contributed by atoms with Gasteiger partial charge in [0.25, 0.3) is 0 Å². The van der Waals surface area contributed by atoms with Gasteiger partial charge in [-0.05, 0) is 30.6 Å². The first-order chi connectivity index (χ1) is 10.6. The molecule has 7 nitrogen and oxygen atoms in total. The summed E-state index contributed by atoms with van der Waals surface area (Å²) in [7, 11) is 0. The van der Waals surface area contributed by atoms with Crippen LogP contribution in [0, 0.1) is 4.77 Å². The highest BCUT2D eigenvalue weighted by Crippen LogP contribution is 2.25. The highest BCUT2D eigenvalue weighted by molar-refractivity contribution is 7.98. The summed E-state index contributed by atoms with van der Waals surface area (Å²) in [6.45, 7) is -0.00742. The summed E-state index contributed by atoms with van der Waals surface area (Å²) >= 11 is 7.93. The number of thiazole rings is 1. The Morgan fingerprint density at radius 1 is 1.50 bits per heavy atom. The zero-order valence-electron chi connectivity index (χ0n) is 11.5. The van der Waals surface area contributed by atoms with Crippen molar-refractivity contribution in [3.8, 4) is 0 Å². The first-order valence-corrected chi connectivity index (χ1v) is 8.68. The number of nitrogens with zero attached hydrogens (tertiary/aromatic N) is 4. The fourth-order valence-electron chi connectivity index (χ4n) is 1.86. The number of carbonyl (C=O) groups is 1. The quantitative estimate of drug-likeness (QED) is 0.424. The van der Waals surface area contributed by atoms with E-state index < -0.39 is 0 Å². The molecule has 10 heteroatoms. The number of benzene rings is 1. The van der Waals surface area contributed by atoms with Crippen molar-refractivity contribution in [2.75, 3.05) is 17.4 Å². The molecule has 22 heavy (non-hydrogen) atoms. The van der Waals surface area contributed by atoms with E-state index in [2.05, 4.69) is 15.4 Å². The van der Waals surface area contributed by atoms with E-state index in [1.54, 1.807) is 0 Å². The largest absolute Gasteiger partial charge is 0.335 e. The van der Waals surface area contributed by atoms with E-state index in [1.165, 1.54) is 32.5 Å². The van der Waals surface area contributed by atoms with E-state index in [1.807, 2.05) is 30.5 Å². The van der Waals surface area contributed by atoms with Crippen LogP contribution in [0.15, 0.2) is 29.4 Å². The predicted molar refractivity (Wildman–Crippen MR) is 91.2 cm³/mol. The van der Waals surface area contributed by atoms with Crippen LogP contribution >= 0.6 is 35.3 Å². The van der Waals surface area contributed by atoms with Gasteiger partial charge in [-0.3, -0.25) is 4.79 Å². The molecular weight excluding hydrogens is 340 g/mol. The summed E-state index contributed by atoms with van der Waals surface area (Å²) < 4.78 is 3.99. The molecule has 0 radical (unpaired) electrons. The zero-order chi connectivity index (χ0) is 15.7. The summed E-state index contributed by atoms with van der Waals surface area (Å²) in [6, 6.07) is 7.70. The maximum atomic E-state index is 12.1. The van der Waals surface area contributed by atoms with Gasteiger partial charge in [-0.15, -0.1) is 5.10 Å². The van der Waals surface area contributed by atoms with Crippen molar-refractivity contribution in [2.24, 2.45) is 0 Å². The van der Waals surface area contributed by atoms with Crippen LogP contribution in [0.5, 0.6) is 0 Å². The first-order valence-electron chi connectivity index (χ1n) is 6.23. The Hall–Kier alpha value is -1.91. The monoisotopic (exact) mass is 352 g/mol. The molecule has 0 unspecified atom stereocenters. The van der Waals surface area contributed by atoms with Crippen molar-refractivity contribution in [1.82, 2.24) is 19.4 Å². The zero-order valence-corrected chi connectivity index (χ0v) is 14.0. The molecule has 0 aliphatic carbocycles. The topological polar surface area (TPSA) is 90.8 Å². The van der Waals surface area contributed by atoms with Crippen LogP contribution in [0.25, 0.3) is 10.2 Å². The lowest BCUT2D eigenvalue weighted by Crippen LogP contribution is -2.20. The Morgan fingerprint density at radius 3 is 2.95 bits per heavy atom. The summed E-state index contributed by atoms with van der Waals surface area (Å²) in [5.74, 6) is 5.51. The number of hydrogen-bond acceptors (Lipinski definition) is 7. The molecule has 0 spiro atoms. The molecule has 0 saturated heterocycles. The number of nitrogens with one attached hydrogen (secondary N) is 1. The highest BCUT2D eigenvalue weighted by Gasteiger charge is 2.12. The molecule has 0 atom stereocenters. The molecule has 0 saturated carbocycles. The molecule has 3 N–H and O–H groups in total. The molecular formula is C12H12N6OS3. The predicted octanol–water partition coefficient (Wildman–Crippen LogP) is 2.10. The minimum Gasteiger partial charge on any atom is -0.335 e. The summed E-state index contributed by atoms with van der Waals surface area (Å²) in [6.07, 6.45) is 1.84. The number of anilines is 1. The number of para-hydroxylation sites is 1. The molecule has 0 aliphatic rings. The molecule has 3 aromatic rings. The number of carbonyl (C=O) groups excluding carboxylic acids is 1. The SMILES string of the molecule is CSc1nn(CC(=O)Nc2nc3ccccc3s2)c(=S)n1N. The number of nitrogens with two attached hydrogens (primary N) is 1.